The smallest absolute Gasteiger partial charge is 0.182 e. The maximum Gasteiger partial charge on any atom is 0.182 e. The summed E-state index contributed by atoms with van der Waals surface area (Å²) < 4.78 is 0. The summed E-state index contributed by atoms with van der Waals surface area (Å²) in [5.41, 5.74) is 0.299. The predicted octanol–water partition coefficient (Wildman–Crippen LogP) is 3.04. The molecular weight excluding hydrogens is 198 g/mol. The summed E-state index contributed by atoms with van der Waals surface area (Å²) in [4.78, 5) is 12.2. The van der Waals surface area contributed by atoms with Crippen molar-refractivity contribution in [2.24, 2.45) is 0 Å². The minimum absolute atomic E-state index is 0.157. The van der Waals surface area contributed by atoms with Gasteiger partial charge < -0.3 is 5.32 Å². The maximum atomic E-state index is 12.2. The molecule has 88 valence electrons. The molecule has 1 rings (SSSR count). The van der Waals surface area contributed by atoms with Crippen LogP contribution < -0.4 is 5.32 Å². The molecule has 0 aliphatic rings. The zero-order valence-electron chi connectivity index (χ0n) is 10.4. The zero-order valence-corrected chi connectivity index (χ0v) is 10.4. The van der Waals surface area contributed by atoms with Crippen LogP contribution in [0.5, 0.6) is 0 Å². The lowest BCUT2D eigenvalue weighted by Crippen LogP contribution is -2.47. The van der Waals surface area contributed by atoms with E-state index in [1.807, 2.05) is 44.2 Å². The van der Waals surface area contributed by atoms with Crippen LogP contribution in [-0.4, -0.2) is 17.9 Å². The number of unbranched alkanes of at least 4 members (excludes halogenated alkanes) is 1. The van der Waals surface area contributed by atoms with Crippen LogP contribution in [0, 0.1) is 0 Å². The molecule has 0 bridgehead atoms. The van der Waals surface area contributed by atoms with Crippen molar-refractivity contribution in [3.05, 3.63) is 35.9 Å². The molecule has 2 heteroatoms. The van der Waals surface area contributed by atoms with Gasteiger partial charge in [-0.3, -0.25) is 4.79 Å². The Morgan fingerprint density at radius 2 is 1.88 bits per heavy atom. The Morgan fingerprint density at radius 3 is 2.44 bits per heavy atom. The molecule has 0 fully saturated rings. The van der Waals surface area contributed by atoms with Gasteiger partial charge in [0.2, 0.25) is 0 Å². The van der Waals surface area contributed by atoms with E-state index >= 15 is 0 Å². The van der Waals surface area contributed by atoms with Gasteiger partial charge in [0.1, 0.15) is 0 Å². The molecule has 0 spiro atoms. The van der Waals surface area contributed by atoms with Crippen molar-refractivity contribution in [2.45, 2.75) is 39.2 Å². The Kier molecular flexibility index (Phi) is 4.69. The number of ketones is 1. The molecule has 16 heavy (non-hydrogen) atoms. The third-order valence-corrected chi connectivity index (χ3v) is 2.70. The summed E-state index contributed by atoms with van der Waals surface area (Å²) in [6.07, 6.45) is 2.24. The van der Waals surface area contributed by atoms with E-state index < -0.39 is 5.54 Å². The van der Waals surface area contributed by atoms with Crippen LogP contribution in [0.15, 0.2) is 30.3 Å². The lowest BCUT2D eigenvalue weighted by atomic mass is 9.93. The first kappa shape index (κ1) is 12.9. The quantitative estimate of drug-likeness (QED) is 0.588. The van der Waals surface area contributed by atoms with Gasteiger partial charge in [-0.25, -0.2) is 0 Å². The number of hydrogen-bond acceptors (Lipinski definition) is 2. The first-order valence-corrected chi connectivity index (χ1v) is 5.93. The zero-order chi connectivity index (χ0) is 12.0. The van der Waals surface area contributed by atoms with Crippen molar-refractivity contribution in [1.82, 2.24) is 5.32 Å². The minimum atomic E-state index is -0.476. The van der Waals surface area contributed by atoms with Crippen molar-refractivity contribution in [1.29, 1.82) is 0 Å². The molecular formula is C14H21NO. The number of Topliss-reactive ketones (excluding diaryl/α,β-unsaturated/α-hetero) is 1. The number of rotatable bonds is 6. The predicted molar refractivity (Wildman–Crippen MR) is 67.8 cm³/mol. The van der Waals surface area contributed by atoms with Crippen LogP contribution >= 0.6 is 0 Å². The highest BCUT2D eigenvalue weighted by atomic mass is 16.1. The van der Waals surface area contributed by atoms with E-state index in [1.165, 1.54) is 0 Å². The third-order valence-electron chi connectivity index (χ3n) is 2.70. The van der Waals surface area contributed by atoms with Crippen LogP contribution in [-0.2, 0) is 0 Å². The highest BCUT2D eigenvalue weighted by Crippen LogP contribution is 2.12. The number of nitrogens with one attached hydrogen (secondary N) is 1. The topological polar surface area (TPSA) is 29.1 Å². The standard InChI is InChI=1S/C14H21NO/c1-4-5-11-15-14(2,3)13(16)12-9-7-6-8-10-12/h6-10,15H,4-5,11H2,1-3H3. The Bertz CT molecular complexity index is 330. The van der Waals surface area contributed by atoms with Gasteiger partial charge >= 0.3 is 0 Å². The summed E-state index contributed by atoms with van der Waals surface area (Å²) in [7, 11) is 0. The number of benzene rings is 1. The van der Waals surface area contributed by atoms with E-state index in [2.05, 4.69) is 12.2 Å². The van der Waals surface area contributed by atoms with Gasteiger partial charge in [0.15, 0.2) is 5.78 Å². The molecule has 0 saturated heterocycles. The van der Waals surface area contributed by atoms with Crippen LogP contribution in [0.25, 0.3) is 0 Å². The average molecular weight is 219 g/mol. The maximum absolute atomic E-state index is 12.2. The van der Waals surface area contributed by atoms with Gasteiger partial charge in [-0.15, -0.1) is 0 Å². The summed E-state index contributed by atoms with van der Waals surface area (Å²) in [6.45, 7) is 6.92. The van der Waals surface area contributed by atoms with Gasteiger partial charge in [0.25, 0.3) is 0 Å². The van der Waals surface area contributed by atoms with Crippen LogP contribution in [0.1, 0.15) is 44.0 Å². The Balaban J connectivity index is 2.65. The lowest BCUT2D eigenvalue weighted by Gasteiger charge is -2.24. The Morgan fingerprint density at radius 1 is 1.25 bits per heavy atom. The molecule has 0 aliphatic carbocycles. The van der Waals surface area contributed by atoms with Gasteiger partial charge in [-0.1, -0.05) is 43.7 Å². The van der Waals surface area contributed by atoms with E-state index in [4.69, 9.17) is 0 Å². The largest absolute Gasteiger partial charge is 0.305 e. The second kappa shape index (κ2) is 5.80. The van der Waals surface area contributed by atoms with E-state index in [0.29, 0.717) is 0 Å². The molecule has 0 aliphatic heterocycles. The molecule has 0 aromatic heterocycles. The number of carbonyl (C=O) groups excluding carboxylic acids is 1. The fourth-order valence-electron chi connectivity index (χ4n) is 1.61. The van der Waals surface area contributed by atoms with Crippen molar-refractivity contribution in [3.8, 4) is 0 Å². The molecule has 0 saturated carbocycles. The monoisotopic (exact) mass is 219 g/mol. The van der Waals surface area contributed by atoms with E-state index in [-0.39, 0.29) is 5.78 Å². The van der Waals surface area contributed by atoms with Gasteiger partial charge in [-0.2, -0.15) is 0 Å². The highest BCUT2D eigenvalue weighted by Gasteiger charge is 2.27. The summed E-state index contributed by atoms with van der Waals surface area (Å²) in [5, 5.41) is 3.31. The Labute approximate surface area is 98.1 Å². The number of hydrogen-bond donors (Lipinski definition) is 1. The summed E-state index contributed by atoms with van der Waals surface area (Å²) >= 11 is 0. The van der Waals surface area contributed by atoms with E-state index in [0.717, 1.165) is 24.9 Å². The van der Waals surface area contributed by atoms with Crippen molar-refractivity contribution in [3.63, 3.8) is 0 Å². The normalized spacial score (nSPS) is 11.4. The molecule has 1 N–H and O–H groups in total. The van der Waals surface area contributed by atoms with Gasteiger partial charge in [0, 0.05) is 5.56 Å². The summed E-state index contributed by atoms with van der Waals surface area (Å²) in [5.74, 6) is 0.157. The second-order valence-electron chi connectivity index (χ2n) is 4.60. The van der Waals surface area contributed by atoms with E-state index in [9.17, 15) is 4.79 Å². The van der Waals surface area contributed by atoms with E-state index in [1.54, 1.807) is 0 Å². The summed E-state index contributed by atoms with van der Waals surface area (Å²) in [6, 6.07) is 9.45. The molecule has 0 atom stereocenters. The second-order valence-corrected chi connectivity index (χ2v) is 4.60. The van der Waals surface area contributed by atoms with Crippen LogP contribution in [0.3, 0.4) is 0 Å². The molecule has 0 unspecified atom stereocenters. The molecule has 2 nitrogen and oxygen atoms in total. The first-order valence-electron chi connectivity index (χ1n) is 5.93. The first-order chi connectivity index (χ1) is 7.58. The van der Waals surface area contributed by atoms with Crippen molar-refractivity contribution >= 4 is 5.78 Å². The fourth-order valence-corrected chi connectivity index (χ4v) is 1.61. The molecule has 1 aromatic carbocycles. The highest BCUT2D eigenvalue weighted by molar-refractivity contribution is 6.02. The SMILES string of the molecule is CCCCNC(C)(C)C(=O)c1ccccc1. The minimum Gasteiger partial charge on any atom is -0.305 e. The average Bonchev–Trinajstić information content (AvgIpc) is 2.29. The molecule has 0 heterocycles. The van der Waals surface area contributed by atoms with Gasteiger partial charge in [-0.05, 0) is 26.8 Å². The number of carbonyl (C=O) groups is 1. The van der Waals surface area contributed by atoms with Crippen molar-refractivity contribution < 1.29 is 4.79 Å². The molecule has 0 radical (unpaired) electrons. The van der Waals surface area contributed by atoms with Crippen LogP contribution in [0.2, 0.25) is 0 Å². The fraction of sp³-hybridized carbons (Fsp3) is 0.500. The lowest BCUT2D eigenvalue weighted by molar-refractivity contribution is 0.0882. The van der Waals surface area contributed by atoms with Crippen LogP contribution in [0.4, 0.5) is 0 Å². The Hall–Kier alpha value is -1.15. The third kappa shape index (κ3) is 3.46. The van der Waals surface area contributed by atoms with Crippen molar-refractivity contribution in [2.75, 3.05) is 6.54 Å². The molecule has 0 amide bonds. The molecule has 1 aromatic rings. The van der Waals surface area contributed by atoms with Gasteiger partial charge in [0.05, 0.1) is 5.54 Å².